The van der Waals surface area contributed by atoms with E-state index < -0.39 is 0 Å². The van der Waals surface area contributed by atoms with Gasteiger partial charge in [-0.05, 0) is 49.6 Å². The Labute approximate surface area is 108 Å². The minimum absolute atomic E-state index is 0.234. The van der Waals surface area contributed by atoms with Crippen LogP contribution in [0.1, 0.15) is 18.4 Å². The maximum absolute atomic E-state index is 5.84. The highest BCUT2D eigenvalue weighted by Crippen LogP contribution is 2.25. The molecule has 0 aliphatic carbocycles. The van der Waals surface area contributed by atoms with Gasteiger partial charge in [-0.3, -0.25) is 0 Å². The van der Waals surface area contributed by atoms with Crippen LogP contribution in [-0.4, -0.2) is 33.0 Å². The Hall–Kier alpha value is -1.26. The first kappa shape index (κ1) is 13.2. The molecule has 0 bridgehead atoms. The van der Waals surface area contributed by atoms with Crippen LogP contribution in [0.15, 0.2) is 18.2 Å². The summed E-state index contributed by atoms with van der Waals surface area (Å²) in [6.07, 6.45) is 3.24. The highest BCUT2D eigenvalue weighted by molar-refractivity contribution is 5.40. The molecule has 1 aliphatic rings. The summed E-state index contributed by atoms with van der Waals surface area (Å²) in [5.41, 5.74) is 6.71. The van der Waals surface area contributed by atoms with Crippen molar-refractivity contribution in [3.8, 4) is 11.5 Å². The molecule has 0 saturated carbocycles. The van der Waals surface area contributed by atoms with Gasteiger partial charge in [-0.1, -0.05) is 0 Å². The Morgan fingerprint density at radius 1 is 1.44 bits per heavy atom. The molecule has 1 unspecified atom stereocenters. The van der Waals surface area contributed by atoms with E-state index in [0.29, 0.717) is 13.2 Å². The van der Waals surface area contributed by atoms with Crippen LogP contribution in [0.25, 0.3) is 0 Å². The number of hydrogen-bond acceptors (Lipinski definition) is 4. The second-order valence-electron chi connectivity index (χ2n) is 4.46. The Balaban J connectivity index is 2.00. The van der Waals surface area contributed by atoms with Crippen LogP contribution in [0.3, 0.4) is 0 Å². The van der Waals surface area contributed by atoms with E-state index in [1.54, 1.807) is 7.11 Å². The van der Waals surface area contributed by atoms with Crippen molar-refractivity contribution in [2.75, 3.05) is 26.9 Å². The molecule has 1 atom stereocenters. The first-order valence-corrected chi connectivity index (χ1v) is 6.45. The maximum atomic E-state index is 5.84. The minimum atomic E-state index is 0.234. The predicted molar refractivity (Wildman–Crippen MR) is 70.2 cm³/mol. The van der Waals surface area contributed by atoms with Gasteiger partial charge in [0.2, 0.25) is 0 Å². The van der Waals surface area contributed by atoms with E-state index in [9.17, 15) is 0 Å². The lowest BCUT2D eigenvalue weighted by molar-refractivity contribution is 0.0676. The first-order chi connectivity index (χ1) is 8.83. The average molecular weight is 251 g/mol. The standard InChI is InChI=1S/C14H21NO3/c1-16-12-4-5-14(11(9-12)6-7-15)18-10-13-3-2-8-17-13/h4-5,9,13H,2-3,6-8,10,15H2,1H3. The van der Waals surface area contributed by atoms with Crippen molar-refractivity contribution in [2.45, 2.75) is 25.4 Å². The molecular formula is C14H21NO3. The summed E-state index contributed by atoms with van der Waals surface area (Å²) in [6, 6.07) is 5.83. The number of rotatable bonds is 6. The summed E-state index contributed by atoms with van der Waals surface area (Å²) in [4.78, 5) is 0. The summed E-state index contributed by atoms with van der Waals surface area (Å²) in [5, 5.41) is 0. The van der Waals surface area contributed by atoms with Gasteiger partial charge in [0, 0.05) is 6.61 Å². The summed E-state index contributed by atoms with van der Waals surface area (Å²) in [5.74, 6) is 1.72. The Morgan fingerprint density at radius 3 is 3.00 bits per heavy atom. The van der Waals surface area contributed by atoms with Crippen molar-refractivity contribution in [1.29, 1.82) is 0 Å². The number of hydrogen-bond donors (Lipinski definition) is 1. The van der Waals surface area contributed by atoms with E-state index >= 15 is 0 Å². The summed E-state index contributed by atoms with van der Waals surface area (Å²) >= 11 is 0. The monoisotopic (exact) mass is 251 g/mol. The number of nitrogens with two attached hydrogens (primary N) is 1. The normalized spacial score (nSPS) is 18.9. The van der Waals surface area contributed by atoms with Gasteiger partial charge in [-0.2, -0.15) is 0 Å². The fraction of sp³-hybridized carbons (Fsp3) is 0.571. The van der Waals surface area contributed by atoms with Crippen molar-refractivity contribution in [1.82, 2.24) is 0 Å². The molecule has 1 saturated heterocycles. The molecule has 0 aromatic heterocycles. The van der Waals surface area contributed by atoms with Crippen molar-refractivity contribution < 1.29 is 14.2 Å². The van der Waals surface area contributed by atoms with Crippen LogP contribution >= 0.6 is 0 Å². The van der Waals surface area contributed by atoms with Gasteiger partial charge in [0.15, 0.2) is 0 Å². The highest BCUT2D eigenvalue weighted by atomic mass is 16.5. The summed E-state index contributed by atoms with van der Waals surface area (Å²) in [6.45, 7) is 2.07. The Bertz CT molecular complexity index is 375. The van der Waals surface area contributed by atoms with Crippen molar-refractivity contribution in [3.05, 3.63) is 23.8 Å². The molecule has 2 rings (SSSR count). The quantitative estimate of drug-likeness (QED) is 0.837. The summed E-state index contributed by atoms with van der Waals surface area (Å²) < 4.78 is 16.6. The Kier molecular flexibility index (Phi) is 4.84. The molecule has 18 heavy (non-hydrogen) atoms. The molecule has 4 heteroatoms. The molecule has 0 amide bonds. The van der Waals surface area contributed by atoms with Gasteiger partial charge in [-0.15, -0.1) is 0 Å². The highest BCUT2D eigenvalue weighted by Gasteiger charge is 2.16. The third-order valence-electron chi connectivity index (χ3n) is 3.13. The minimum Gasteiger partial charge on any atom is -0.497 e. The van der Waals surface area contributed by atoms with Crippen molar-refractivity contribution in [2.24, 2.45) is 5.73 Å². The molecule has 1 fully saturated rings. The van der Waals surface area contributed by atoms with Crippen molar-refractivity contribution in [3.63, 3.8) is 0 Å². The van der Waals surface area contributed by atoms with Gasteiger partial charge >= 0.3 is 0 Å². The number of ether oxygens (including phenoxy) is 3. The molecule has 1 heterocycles. The van der Waals surface area contributed by atoms with Gasteiger partial charge in [0.05, 0.1) is 13.2 Å². The van der Waals surface area contributed by atoms with Gasteiger partial charge < -0.3 is 19.9 Å². The largest absolute Gasteiger partial charge is 0.497 e. The predicted octanol–water partition coefficient (Wildman–Crippen LogP) is 1.75. The average Bonchev–Trinajstić information content (AvgIpc) is 2.90. The zero-order chi connectivity index (χ0) is 12.8. The zero-order valence-electron chi connectivity index (χ0n) is 10.9. The molecule has 2 N–H and O–H groups in total. The third kappa shape index (κ3) is 3.37. The smallest absolute Gasteiger partial charge is 0.122 e. The van der Waals surface area contributed by atoms with Gasteiger partial charge in [-0.25, -0.2) is 0 Å². The summed E-state index contributed by atoms with van der Waals surface area (Å²) in [7, 11) is 1.66. The van der Waals surface area contributed by atoms with Crippen LogP contribution < -0.4 is 15.2 Å². The fourth-order valence-corrected chi connectivity index (χ4v) is 2.13. The SMILES string of the molecule is COc1ccc(OCC2CCCO2)c(CCN)c1. The molecule has 1 aromatic rings. The lowest BCUT2D eigenvalue weighted by Gasteiger charge is -2.15. The Morgan fingerprint density at radius 2 is 2.33 bits per heavy atom. The third-order valence-corrected chi connectivity index (χ3v) is 3.13. The van der Waals surface area contributed by atoms with E-state index in [1.807, 2.05) is 18.2 Å². The van der Waals surface area contributed by atoms with E-state index in [-0.39, 0.29) is 6.10 Å². The molecule has 0 spiro atoms. The van der Waals surface area contributed by atoms with E-state index in [0.717, 1.165) is 42.9 Å². The topological polar surface area (TPSA) is 53.7 Å². The fourth-order valence-electron chi connectivity index (χ4n) is 2.13. The number of benzene rings is 1. The molecule has 1 aromatic carbocycles. The molecular weight excluding hydrogens is 230 g/mol. The van der Waals surface area contributed by atoms with Crippen molar-refractivity contribution >= 4 is 0 Å². The lowest BCUT2D eigenvalue weighted by Crippen LogP contribution is -2.17. The molecule has 4 nitrogen and oxygen atoms in total. The molecule has 0 radical (unpaired) electrons. The van der Waals surface area contributed by atoms with Crippen LogP contribution in [-0.2, 0) is 11.2 Å². The maximum Gasteiger partial charge on any atom is 0.122 e. The van der Waals surface area contributed by atoms with E-state index in [4.69, 9.17) is 19.9 Å². The van der Waals surface area contributed by atoms with Crippen LogP contribution in [0.4, 0.5) is 0 Å². The molecule has 100 valence electrons. The molecule has 1 aliphatic heterocycles. The van der Waals surface area contributed by atoms with Crippen LogP contribution in [0.2, 0.25) is 0 Å². The zero-order valence-corrected chi connectivity index (χ0v) is 10.9. The van der Waals surface area contributed by atoms with Crippen LogP contribution in [0.5, 0.6) is 11.5 Å². The second-order valence-corrected chi connectivity index (χ2v) is 4.46. The number of methoxy groups -OCH3 is 1. The van der Waals surface area contributed by atoms with E-state index in [1.165, 1.54) is 0 Å². The lowest BCUT2D eigenvalue weighted by atomic mass is 10.1. The van der Waals surface area contributed by atoms with E-state index in [2.05, 4.69) is 0 Å². The van der Waals surface area contributed by atoms with Gasteiger partial charge in [0.25, 0.3) is 0 Å². The van der Waals surface area contributed by atoms with Gasteiger partial charge in [0.1, 0.15) is 18.1 Å². The second kappa shape index (κ2) is 6.61. The van der Waals surface area contributed by atoms with Crippen LogP contribution in [0, 0.1) is 0 Å². The first-order valence-electron chi connectivity index (χ1n) is 6.45.